The molecule has 0 atom stereocenters. The van der Waals surface area contributed by atoms with Crippen LogP contribution in [0.3, 0.4) is 0 Å². The highest BCUT2D eigenvalue weighted by Crippen LogP contribution is 2.14. The van der Waals surface area contributed by atoms with Gasteiger partial charge in [0.05, 0.1) is 0 Å². The van der Waals surface area contributed by atoms with E-state index < -0.39 is 29.4 Å². The molecule has 11 heteroatoms. The molecule has 0 aliphatic rings. The highest BCUT2D eigenvalue weighted by molar-refractivity contribution is 5.99. The molecule has 0 amide bonds. The van der Waals surface area contributed by atoms with E-state index in [1.54, 1.807) is 0 Å². The molecule has 0 aliphatic carbocycles. The van der Waals surface area contributed by atoms with Gasteiger partial charge in [-0.25, -0.2) is 9.18 Å². The first-order valence-electron chi connectivity index (χ1n) is 8.10. The molecule has 0 bridgehead atoms. The minimum Gasteiger partial charge on any atom is -0.384 e. The SMILES string of the molecule is CCCn1c(N)c(C(=O)Cn2nnc(-c3ccc(F)cc3)n2)c(=O)[nH]c1=O. The Kier molecular flexibility index (Phi) is 4.92. The van der Waals surface area contributed by atoms with E-state index in [1.165, 1.54) is 24.3 Å². The lowest BCUT2D eigenvalue weighted by molar-refractivity contribution is 0.0960. The average molecular weight is 373 g/mol. The van der Waals surface area contributed by atoms with Gasteiger partial charge in [0, 0.05) is 12.1 Å². The minimum atomic E-state index is -0.867. The molecule has 0 aliphatic heterocycles. The first-order valence-corrected chi connectivity index (χ1v) is 8.10. The van der Waals surface area contributed by atoms with Crippen molar-refractivity contribution in [2.75, 3.05) is 5.73 Å². The number of nitrogens with one attached hydrogen (secondary N) is 1. The van der Waals surface area contributed by atoms with Crippen LogP contribution in [0.2, 0.25) is 0 Å². The summed E-state index contributed by atoms with van der Waals surface area (Å²) in [7, 11) is 0. The summed E-state index contributed by atoms with van der Waals surface area (Å²) >= 11 is 0. The van der Waals surface area contributed by atoms with Crippen LogP contribution in [0.1, 0.15) is 23.7 Å². The van der Waals surface area contributed by atoms with Gasteiger partial charge in [0.1, 0.15) is 23.7 Å². The number of anilines is 1. The Balaban J connectivity index is 1.88. The summed E-state index contributed by atoms with van der Waals surface area (Å²) in [6.45, 7) is 1.69. The van der Waals surface area contributed by atoms with Crippen molar-refractivity contribution in [1.29, 1.82) is 0 Å². The van der Waals surface area contributed by atoms with E-state index in [-0.39, 0.29) is 23.8 Å². The van der Waals surface area contributed by atoms with E-state index in [0.29, 0.717) is 12.0 Å². The van der Waals surface area contributed by atoms with Gasteiger partial charge in [0.15, 0.2) is 5.78 Å². The van der Waals surface area contributed by atoms with E-state index in [2.05, 4.69) is 20.4 Å². The van der Waals surface area contributed by atoms with Crippen molar-refractivity contribution in [2.24, 2.45) is 0 Å². The number of halogens is 1. The predicted molar refractivity (Wildman–Crippen MR) is 93.6 cm³/mol. The molecular weight excluding hydrogens is 357 g/mol. The molecule has 140 valence electrons. The molecule has 27 heavy (non-hydrogen) atoms. The number of carbonyl (C=O) groups excluding carboxylic acids is 1. The largest absolute Gasteiger partial charge is 0.384 e. The predicted octanol–water partition coefficient (Wildman–Crippen LogP) is 0.204. The summed E-state index contributed by atoms with van der Waals surface area (Å²) in [5.41, 5.74) is 4.50. The molecule has 0 radical (unpaired) electrons. The van der Waals surface area contributed by atoms with Crippen molar-refractivity contribution < 1.29 is 9.18 Å². The van der Waals surface area contributed by atoms with Gasteiger partial charge in [-0.1, -0.05) is 6.92 Å². The van der Waals surface area contributed by atoms with Crippen LogP contribution in [0, 0.1) is 5.82 Å². The molecule has 0 unspecified atom stereocenters. The molecule has 2 heterocycles. The van der Waals surface area contributed by atoms with Gasteiger partial charge in [0.25, 0.3) is 5.56 Å². The first-order chi connectivity index (χ1) is 12.9. The number of benzene rings is 1. The summed E-state index contributed by atoms with van der Waals surface area (Å²) in [6.07, 6.45) is 0.593. The molecule has 1 aromatic carbocycles. The zero-order chi connectivity index (χ0) is 19.6. The highest BCUT2D eigenvalue weighted by Gasteiger charge is 2.20. The maximum absolute atomic E-state index is 13.0. The van der Waals surface area contributed by atoms with Crippen LogP contribution in [-0.2, 0) is 13.1 Å². The van der Waals surface area contributed by atoms with Crippen LogP contribution in [-0.4, -0.2) is 35.5 Å². The molecule has 3 rings (SSSR count). The molecule has 0 spiro atoms. The van der Waals surface area contributed by atoms with E-state index in [0.717, 1.165) is 9.36 Å². The van der Waals surface area contributed by atoms with E-state index in [1.807, 2.05) is 6.92 Å². The van der Waals surface area contributed by atoms with Crippen LogP contribution in [0.5, 0.6) is 0 Å². The van der Waals surface area contributed by atoms with Gasteiger partial charge in [-0.15, -0.1) is 10.2 Å². The molecular formula is C16H16FN7O3. The van der Waals surface area contributed by atoms with E-state index in [4.69, 9.17) is 5.73 Å². The Bertz CT molecular complexity index is 1100. The van der Waals surface area contributed by atoms with Gasteiger partial charge in [-0.3, -0.25) is 19.1 Å². The molecule has 3 N–H and O–H groups in total. The third-order valence-corrected chi connectivity index (χ3v) is 3.81. The quantitative estimate of drug-likeness (QED) is 0.588. The first kappa shape index (κ1) is 18.2. The Morgan fingerprint density at radius 1 is 1.26 bits per heavy atom. The minimum absolute atomic E-state index is 0.195. The monoisotopic (exact) mass is 373 g/mol. The van der Waals surface area contributed by atoms with Crippen molar-refractivity contribution >= 4 is 11.6 Å². The number of hydrogen-bond donors (Lipinski definition) is 2. The number of nitrogens with two attached hydrogens (primary N) is 1. The lowest BCUT2D eigenvalue weighted by Crippen LogP contribution is -2.37. The summed E-state index contributed by atoms with van der Waals surface area (Å²) in [5.74, 6) is -1.07. The van der Waals surface area contributed by atoms with Crippen LogP contribution in [0.15, 0.2) is 33.9 Å². The second kappa shape index (κ2) is 7.32. The van der Waals surface area contributed by atoms with Crippen LogP contribution in [0.4, 0.5) is 10.2 Å². The number of aromatic nitrogens is 6. The maximum Gasteiger partial charge on any atom is 0.329 e. The lowest BCUT2D eigenvalue weighted by atomic mass is 10.2. The molecule has 0 saturated carbocycles. The van der Waals surface area contributed by atoms with Gasteiger partial charge < -0.3 is 5.73 Å². The number of Topliss-reactive ketones (excluding diaryl/α,β-unsaturated/α-hetero) is 1. The van der Waals surface area contributed by atoms with Crippen LogP contribution >= 0.6 is 0 Å². The van der Waals surface area contributed by atoms with Gasteiger partial charge in [-0.2, -0.15) is 4.80 Å². The fourth-order valence-corrected chi connectivity index (χ4v) is 2.54. The Labute approximate surface area is 151 Å². The second-order valence-electron chi connectivity index (χ2n) is 5.74. The third kappa shape index (κ3) is 3.66. The van der Waals surface area contributed by atoms with Crippen molar-refractivity contribution in [2.45, 2.75) is 26.4 Å². The molecule has 2 aromatic heterocycles. The number of H-pyrrole nitrogens is 1. The number of carbonyl (C=O) groups is 1. The fourth-order valence-electron chi connectivity index (χ4n) is 2.54. The van der Waals surface area contributed by atoms with Crippen molar-refractivity contribution in [3.63, 3.8) is 0 Å². The number of nitrogen functional groups attached to an aromatic ring is 1. The molecule has 3 aromatic rings. The average Bonchev–Trinajstić information content (AvgIpc) is 3.07. The summed E-state index contributed by atoms with van der Waals surface area (Å²) in [6, 6.07) is 5.44. The normalized spacial score (nSPS) is 10.9. The molecule has 0 fully saturated rings. The standard InChI is InChI=1S/C16H16FN7O3/c1-2-7-23-13(18)12(15(26)19-16(23)27)11(25)8-24-21-14(20-22-24)9-3-5-10(17)6-4-9/h3-6H,2,7-8,18H2,1H3,(H,19,26,27). The van der Waals surface area contributed by atoms with E-state index >= 15 is 0 Å². The van der Waals surface area contributed by atoms with Gasteiger partial charge in [0.2, 0.25) is 5.82 Å². The summed E-state index contributed by atoms with van der Waals surface area (Å²) in [4.78, 5) is 39.5. The van der Waals surface area contributed by atoms with Gasteiger partial charge >= 0.3 is 5.69 Å². The Morgan fingerprint density at radius 2 is 1.96 bits per heavy atom. The zero-order valence-corrected chi connectivity index (χ0v) is 14.3. The highest BCUT2D eigenvalue weighted by atomic mass is 19.1. The summed E-state index contributed by atoms with van der Waals surface area (Å²) < 4.78 is 14.1. The van der Waals surface area contributed by atoms with Crippen molar-refractivity contribution in [3.8, 4) is 11.4 Å². The number of hydrogen-bond acceptors (Lipinski definition) is 7. The lowest BCUT2D eigenvalue weighted by Gasteiger charge is -2.10. The number of aromatic amines is 1. The smallest absolute Gasteiger partial charge is 0.329 e. The number of ketones is 1. The molecule has 10 nitrogen and oxygen atoms in total. The number of nitrogens with zero attached hydrogens (tertiary/aromatic N) is 5. The van der Waals surface area contributed by atoms with Crippen molar-refractivity contribution in [3.05, 3.63) is 56.5 Å². The van der Waals surface area contributed by atoms with Crippen molar-refractivity contribution in [1.82, 2.24) is 29.8 Å². The maximum atomic E-state index is 13.0. The second-order valence-corrected chi connectivity index (χ2v) is 5.74. The number of tetrazole rings is 1. The number of rotatable bonds is 6. The Morgan fingerprint density at radius 3 is 2.63 bits per heavy atom. The molecule has 0 saturated heterocycles. The summed E-state index contributed by atoms with van der Waals surface area (Å²) in [5, 5.41) is 11.6. The van der Waals surface area contributed by atoms with Crippen LogP contribution < -0.4 is 17.0 Å². The van der Waals surface area contributed by atoms with Crippen LogP contribution in [0.25, 0.3) is 11.4 Å². The van der Waals surface area contributed by atoms with Gasteiger partial charge in [-0.05, 0) is 35.9 Å². The van der Waals surface area contributed by atoms with E-state index in [9.17, 15) is 18.8 Å². The third-order valence-electron chi connectivity index (χ3n) is 3.81. The topological polar surface area (TPSA) is 142 Å². The Hall–Kier alpha value is -3.63. The zero-order valence-electron chi connectivity index (χ0n) is 14.3. The fraction of sp³-hybridized carbons (Fsp3) is 0.250.